The van der Waals surface area contributed by atoms with Crippen LogP contribution in [0, 0.1) is 0 Å². The van der Waals surface area contributed by atoms with Gasteiger partial charge in [0.1, 0.15) is 5.75 Å². The number of aromatic hydroxyl groups is 1. The lowest BCUT2D eigenvalue weighted by atomic mass is 10.2. The van der Waals surface area contributed by atoms with Crippen molar-refractivity contribution in [2.24, 2.45) is 0 Å². The molecule has 0 fully saturated rings. The van der Waals surface area contributed by atoms with Crippen LogP contribution < -0.4 is 0 Å². The van der Waals surface area contributed by atoms with Crippen LogP contribution in [0.1, 0.15) is 71.8 Å². The Kier molecular flexibility index (Phi) is 13.0. The zero-order valence-electron chi connectivity index (χ0n) is 16.9. The molecule has 0 aromatic heterocycles. The normalized spacial score (nSPS) is 11.8. The van der Waals surface area contributed by atoms with Gasteiger partial charge in [-0.1, -0.05) is 40.0 Å². The molecule has 0 saturated carbocycles. The molecule has 0 unspecified atom stereocenters. The molecule has 1 N–H and O–H groups in total. The average Bonchev–Trinajstić information content (AvgIpc) is 2.62. The van der Waals surface area contributed by atoms with Crippen LogP contribution in [0.5, 0.6) is 5.75 Å². The SMILES string of the molecule is CCCC[P+](CC)(CCCC)CCCC.Oc1ccc(C(F)(F)F)cc1. The van der Waals surface area contributed by atoms with Gasteiger partial charge in [0.25, 0.3) is 0 Å². The van der Waals surface area contributed by atoms with Crippen molar-refractivity contribution in [2.75, 3.05) is 24.6 Å². The number of phenols is 1. The Balaban J connectivity index is 0.000000502. The van der Waals surface area contributed by atoms with E-state index in [1.807, 2.05) is 0 Å². The first kappa shape index (κ1) is 25.2. The van der Waals surface area contributed by atoms with Crippen molar-refractivity contribution < 1.29 is 18.3 Å². The number of hydrogen-bond acceptors (Lipinski definition) is 1. The predicted octanol–water partition coefficient (Wildman–Crippen LogP) is 7.84. The highest BCUT2D eigenvalue weighted by Crippen LogP contribution is 2.60. The molecule has 26 heavy (non-hydrogen) atoms. The Morgan fingerprint density at radius 2 is 1.15 bits per heavy atom. The van der Waals surface area contributed by atoms with E-state index in [0.29, 0.717) is 0 Å². The van der Waals surface area contributed by atoms with Crippen LogP contribution in [0.3, 0.4) is 0 Å². The Morgan fingerprint density at radius 3 is 1.42 bits per heavy atom. The summed E-state index contributed by atoms with van der Waals surface area (Å²) >= 11 is 0. The topological polar surface area (TPSA) is 20.2 Å². The molecule has 152 valence electrons. The third-order valence-electron chi connectivity index (χ3n) is 4.82. The molecule has 0 aliphatic heterocycles. The van der Waals surface area contributed by atoms with Crippen molar-refractivity contribution in [3.63, 3.8) is 0 Å². The summed E-state index contributed by atoms with van der Waals surface area (Å²) in [6.45, 7) is 9.46. The number of alkyl halides is 3. The lowest BCUT2D eigenvalue weighted by Gasteiger charge is -2.26. The molecular weight excluding hydrogens is 356 g/mol. The van der Waals surface area contributed by atoms with Crippen molar-refractivity contribution in [3.05, 3.63) is 29.8 Å². The fourth-order valence-electron chi connectivity index (χ4n) is 2.94. The van der Waals surface area contributed by atoms with Crippen LogP contribution in [-0.2, 0) is 6.18 Å². The van der Waals surface area contributed by atoms with Gasteiger partial charge in [0.05, 0.1) is 30.2 Å². The monoisotopic (exact) mass is 393 g/mol. The molecule has 0 aliphatic carbocycles. The van der Waals surface area contributed by atoms with Crippen LogP contribution in [0.4, 0.5) is 13.2 Å². The van der Waals surface area contributed by atoms with E-state index in [1.54, 1.807) is 18.5 Å². The number of unbranched alkanes of at least 4 members (excludes halogenated alkanes) is 3. The van der Waals surface area contributed by atoms with E-state index in [2.05, 4.69) is 27.7 Å². The minimum Gasteiger partial charge on any atom is -0.508 e. The van der Waals surface area contributed by atoms with Gasteiger partial charge in [0.15, 0.2) is 0 Å². The maximum Gasteiger partial charge on any atom is 0.416 e. The number of benzene rings is 1. The summed E-state index contributed by atoms with van der Waals surface area (Å²) in [6.07, 6.45) is 10.5. The van der Waals surface area contributed by atoms with Crippen LogP contribution in [0.25, 0.3) is 0 Å². The van der Waals surface area contributed by atoms with E-state index in [1.165, 1.54) is 44.7 Å². The van der Waals surface area contributed by atoms with Crippen LogP contribution >= 0.6 is 7.26 Å². The van der Waals surface area contributed by atoms with Gasteiger partial charge >= 0.3 is 6.18 Å². The second-order valence-electron chi connectivity index (χ2n) is 6.93. The lowest BCUT2D eigenvalue weighted by molar-refractivity contribution is -0.137. The van der Waals surface area contributed by atoms with Gasteiger partial charge in [-0.05, 0) is 50.5 Å². The lowest BCUT2D eigenvalue weighted by Crippen LogP contribution is -2.11. The van der Waals surface area contributed by atoms with Gasteiger partial charge in [-0.15, -0.1) is 0 Å². The fraction of sp³-hybridized carbons (Fsp3) is 0.714. The maximum absolute atomic E-state index is 11.8. The number of hydrogen-bond donors (Lipinski definition) is 1. The molecule has 0 radical (unpaired) electrons. The Labute approximate surface area is 158 Å². The van der Waals surface area contributed by atoms with Crippen molar-refractivity contribution >= 4 is 7.26 Å². The Hall–Kier alpha value is -0.760. The second-order valence-corrected chi connectivity index (χ2v) is 11.6. The largest absolute Gasteiger partial charge is 0.508 e. The van der Waals surface area contributed by atoms with Crippen LogP contribution in [0.15, 0.2) is 24.3 Å². The standard InChI is InChI=1S/C14H32P.C7H5F3O/c1-5-9-12-15(8-4,13-10-6-2)14-11-7-3;8-7(9,10)5-1-3-6(11)4-2-5/h5-14H2,1-4H3;1-4,11H/q+1;. The van der Waals surface area contributed by atoms with Crippen LogP contribution in [-0.4, -0.2) is 29.8 Å². The Bertz CT molecular complexity index is 436. The molecule has 0 saturated heterocycles. The first-order valence-electron chi connectivity index (χ1n) is 9.96. The quantitative estimate of drug-likeness (QED) is 0.402. The zero-order valence-corrected chi connectivity index (χ0v) is 17.8. The van der Waals surface area contributed by atoms with E-state index < -0.39 is 19.0 Å². The van der Waals surface area contributed by atoms with Crippen molar-refractivity contribution in [1.82, 2.24) is 0 Å². The highest BCUT2D eigenvalue weighted by Gasteiger charge is 2.32. The van der Waals surface area contributed by atoms with E-state index >= 15 is 0 Å². The van der Waals surface area contributed by atoms with Gasteiger partial charge in [0.2, 0.25) is 0 Å². The van der Waals surface area contributed by atoms with Gasteiger partial charge in [-0.3, -0.25) is 0 Å². The maximum atomic E-state index is 11.8. The molecule has 1 rings (SSSR count). The summed E-state index contributed by atoms with van der Waals surface area (Å²) in [7, 11) is -0.527. The average molecular weight is 393 g/mol. The highest BCUT2D eigenvalue weighted by atomic mass is 31.2. The zero-order chi connectivity index (χ0) is 20.1. The molecule has 0 heterocycles. The number of phenolic OH excluding ortho intramolecular Hbond substituents is 1. The summed E-state index contributed by atoms with van der Waals surface area (Å²) in [5.41, 5.74) is -0.754. The van der Waals surface area contributed by atoms with Crippen molar-refractivity contribution in [3.8, 4) is 5.75 Å². The molecule has 1 aromatic carbocycles. The minimum absolute atomic E-state index is 0.169. The molecule has 5 heteroatoms. The summed E-state index contributed by atoms with van der Waals surface area (Å²) in [6, 6.07) is 3.66. The molecule has 0 atom stereocenters. The van der Waals surface area contributed by atoms with E-state index in [-0.39, 0.29) is 5.75 Å². The minimum atomic E-state index is -4.33. The van der Waals surface area contributed by atoms with Gasteiger partial charge < -0.3 is 5.11 Å². The predicted molar refractivity (Wildman–Crippen MR) is 110 cm³/mol. The number of halogens is 3. The third-order valence-corrected chi connectivity index (χ3v) is 9.96. The molecule has 1 aromatic rings. The molecular formula is C21H37F3OP+. The van der Waals surface area contributed by atoms with E-state index in [4.69, 9.17) is 5.11 Å². The van der Waals surface area contributed by atoms with Gasteiger partial charge in [-0.2, -0.15) is 13.2 Å². The molecule has 0 aliphatic rings. The Morgan fingerprint density at radius 1 is 0.769 bits per heavy atom. The molecule has 1 nitrogen and oxygen atoms in total. The summed E-state index contributed by atoms with van der Waals surface area (Å²) in [5, 5.41) is 8.66. The summed E-state index contributed by atoms with van der Waals surface area (Å²) < 4.78 is 35.5. The highest BCUT2D eigenvalue weighted by molar-refractivity contribution is 7.75. The van der Waals surface area contributed by atoms with Gasteiger partial charge in [-0.25, -0.2) is 0 Å². The van der Waals surface area contributed by atoms with E-state index in [0.717, 1.165) is 24.3 Å². The first-order chi connectivity index (χ1) is 12.2. The molecule has 0 bridgehead atoms. The molecule has 0 amide bonds. The first-order valence-corrected chi connectivity index (χ1v) is 12.5. The fourth-order valence-corrected chi connectivity index (χ4v) is 7.52. The van der Waals surface area contributed by atoms with Crippen LogP contribution in [0.2, 0.25) is 0 Å². The molecule has 0 spiro atoms. The summed E-state index contributed by atoms with van der Waals surface area (Å²) in [4.78, 5) is 0. The third kappa shape index (κ3) is 10.4. The second kappa shape index (κ2) is 13.4. The van der Waals surface area contributed by atoms with Crippen molar-refractivity contribution in [1.29, 1.82) is 0 Å². The number of rotatable bonds is 10. The summed E-state index contributed by atoms with van der Waals surface area (Å²) in [5.74, 6) is -0.169. The van der Waals surface area contributed by atoms with Crippen molar-refractivity contribution in [2.45, 2.75) is 72.4 Å². The van der Waals surface area contributed by atoms with E-state index in [9.17, 15) is 13.2 Å². The van der Waals surface area contributed by atoms with Gasteiger partial charge in [0, 0.05) is 7.26 Å². The smallest absolute Gasteiger partial charge is 0.416 e.